The van der Waals surface area contributed by atoms with Gasteiger partial charge < -0.3 is 10.2 Å². The number of benzene rings is 1. The van der Waals surface area contributed by atoms with E-state index in [1.54, 1.807) is 0 Å². The summed E-state index contributed by atoms with van der Waals surface area (Å²) in [7, 11) is 0. The van der Waals surface area contributed by atoms with Crippen LogP contribution in [0.1, 0.15) is 38.5 Å². The van der Waals surface area contributed by atoms with Gasteiger partial charge in [0.2, 0.25) is 5.91 Å². The Bertz CT molecular complexity index is 451. The van der Waals surface area contributed by atoms with Crippen LogP contribution in [0.5, 0.6) is 0 Å². The molecule has 2 fully saturated rings. The van der Waals surface area contributed by atoms with Crippen molar-refractivity contribution in [3.8, 4) is 0 Å². The zero-order valence-electron chi connectivity index (χ0n) is 12.1. The van der Waals surface area contributed by atoms with Gasteiger partial charge in [0.25, 0.3) is 0 Å². The molecule has 1 saturated carbocycles. The van der Waals surface area contributed by atoms with Gasteiger partial charge in [-0.2, -0.15) is 0 Å². The molecule has 1 aliphatic heterocycles. The molecule has 1 heterocycles. The van der Waals surface area contributed by atoms with E-state index in [4.69, 9.17) is 0 Å². The Labute approximate surface area is 121 Å². The third-order valence-electron chi connectivity index (χ3n) is 4.92. The third kappa shape index (κ3) is 2.97. The van der Waals surface area contributed by atoms with Crippen molar-refractivity contribution in [2.75, 3.05) is 25.0 Å². The van der Waals surface area contributed by atoms with Crippen LogP contribution < -0.4 is 5.32 Å². The molecule has 1 aromatic rings. The Hall–Kier alpha value is -1.51. The maximum Gasteiger partial charge on any atom is 0.241 e. The normalized spacial score (nSPS) is 21.1. The Morgan fingerprint density at radius 3 is 2.60 bits per heavy atom. The number of likely N-dealkylation sites (tertiary alicyclic amines) is 1. The van der Waals surface area contributed by atoms with Crippen LogP contribution in [0.4, 0.5) is 5.69 Å². The van der Waals surface area contributed by atoms with Crippen molar-refractivity contribution in [2.45, 2.75) is 38.5 Å². The number of carbonyl (C=O) groups excluding carboxylic acids is 1. The molecule has 108 valence electrons. The minimum Gasteiger partial charge on any atom is -0.376 e. The zero-order valence-corrected chi connectivity index (χ0v) is 12.1. The molecule has 0 aromatic heterocycles. The first-order valence-corrected chi connectivity index (χ1v) is 7.84. The number of hydrogen-bond donors (Lipinski definition) is 1. The highest BCUT2D eigenvalue weighted by atomic mass is 16.2. The molecule has 1 amide bonds. The van der Waals surface area contributed by atoms with E-state index in [1.165, 1.54) is 38.5 Å². The standard InChI is InChI=1S/C17H24N2O/c20-16(13-18-15-7-3-1-4-8-15)19-12-11-17(14-19)9-5-2-6-10-17/h1,3-4,7-8,18H,2,5-6,9-14H2. The number of para-hydroxylation sites is 1. The van der Waals surface area contributed by atoms with Crippen LogP contribution in [-0.4, -0.2) is 30.4 Å². The highest BCUT2D eigenvalue weighted by Gasteiger charge is 2.40. The molecule has 1 N–H and O–H groups in total. The number of rotatable bonds is 3. The molecule has 3 rings (SSSR count). The third-order valence-corrected chi connectivity index (χ3v) is 4.92. The Morgan fingerprint density at radius 2 is 1.85 bits per heavy atom. The van der Waals surface area contributed by atoms with Crippen LogP contribution in [0.2, 0.25) is 0 Å². The highest BCUT2D eigenvalue weighted by molar-refractivity contribution is 5.81. The van der Waals surface area contributed by atoms with Crippen LogP contribution in [0.25, 0.3) is 0 Å². The predicted molar refractivity (Wildman–Crippen MR) is 81.6 cm³/mol. The van der Waals surface area contributed by atoms with Crippen molar-refractivity contribution in [1.29, 1.82) is 0 Å². The number of amides is 1. The first kappa shape index (κ1) is 13.5. The van der Waals surface area contributed by atoms with Gasteiger partial charge in [0.1, 0.15) is 0 Å². The van der Waals surface area contributed by atoms with Gasteiger partial charge in [-0.05, 0) is 36.8 Å². The van der Waals surface area contributed by atoms with E-state index in [9.17, 15) is 4.79 Å². The van der Waals surface area contributed by atoms with Gasteiger partial charge in [0.15, 0.2) is 0 Å². The summed E-state index contributed by atoms with van der Waals surface area (Å²) in [5.41, 5.74) is 1.48. The van der Waals surface area contributed by atoms with Gasteiger partial charge >= 0.3 is 0 Å². The van der Waals surface area contributed by atoms with E-state index in [0.717, 1.165) is 18.8 Å². The molecular weight excluding hydrogens is 248 g/mol. The lowest BCUT2D eigenvalue weighted by Gasteiger charge is -2.33. The molecule has 0 atom stereocenters. The molecule has 0 radical (unpaired) electrons. The van der Waals surface area contributed by atoms with Gasteiger partial charge in [-0.1, -0.05) is 37.5 Å². The fourth-order valence-electron chi connectivity index (χ4n) is 3.70. The molecule has 3 heteroatoms. The van der Waals surface area contributed by atoms with Crippen molar-refractivity contribution in [2.24, 2.45) is 5.41 Å². The van der Waals surface area contributed by atoms with E-state index >= 15 is 0 Å². The highest BCUT2D eigenvalue weighted by Crippen LogP contribution is 2.43. The van der Waals surface area contributed by atoms with Gasteiger partial charge in [0.05, 0.1) is 6.54 Å². The predicted octanol–water partition coefficient (Wildman–Crippen LogP) is 3.28. The average Bonchev–Trinajstić information content (AvgIpc) is 2.90. The van der Waals surface area contributed by atoms with Crippen molar-refractivity contribution < 1.29 is 4.79 Å². The van der Waals surface area contributed by atoms with Crippen LogP contribution in [-0.2, 0) is 4.79 Å². The molecule has 1 spiro atoms. The monoisotopic (exact) mass is 272 g/mol. The maximum atomic E-state index is 12.3. The van der Waals surface area contributed by atoms with E-state index in [-0.39, 0.29) is 5.91 Å². The smallest absolute Gasteiger partial charge is 0.241 e. The van der Waals surface area contributed by atoms with Crippen LogP contribution in [0, 0.1) is 5.41 Å². The lowest BCUT2D eigenvalue weighted by molar-refractivity contribution is -0.128. The van der Waals surface area contributed by atoms with E-state index in [1.807, 2.05) is 30.3 Å². The lowest BCUT2D eigenvalue weighted by Crippen LogP contribution is -2.36. The average molecular weight is 272 g/mol. The summed E-state index contributed by atoms with van der Waals surface area (Å²) < 4.78 is 0. The van der Waals surface area contributed by atoms with Gasteiger partial charge in [-0.15, -0.1) is 0 Å². The molecule has 1 saturated heterocycles. The molecule has 1 aliphatic carbocycles. The molecular formula is C17H24N2O. The Balaban J connectivity index is 1.51. The molecule has 0 unspecified atom stereocenters. The molecule has 2 aliphatic rings. The lowest BCUT2D eigenvalue weighted by atomic mass is 9.73. The molecule has 1 aromatic carbocycles. The number of nitrogens with zero attached hydrogens (tertiary/aromatic N) is 1. The quantitative estimate of drug-likeness (QED) is 0.916. The fraction of sp³-hybridized carbons (Fsp3) is 0.588. The van der Waals surface area contributed by atoms with Gasteiger partial charge in [-0.3, -0.25) is 4.79 Å². The number of anilines is 1. The van der Waals surface area contributed by atoms with E-state index in [0.29, 0.717) is 12.0 Å². The van der Waals surface area contributed by atoms with Crippen LogP contribution >= 0.6 is 0 Å². The van der Waals surface area contributed by atoms with E-state index < -0.39 is 0 Å². The summed E-state index contributed by atoms with van der Waals surface area (Å²) in [5.74, 6) is 0.247. The fourth-order valence-corrected chi connectivity index (χ4v) is 3.70. The summed E-state index contributed by atoms with van der Waals surface area (Å²) in [6.45, 7) is 2.36. The minimum atomic E-state index is 0.247. The second kappa shape index (κ2) is 5.86. The summed E-state index contributed by atoms with van der Waals surface area (Å²) in [4.78, 5) is 14.4. The molecule has 0 bridgehead atoms. The van der Waals surface area contributed by atoms with Gasteiger partial charge in [0, 0.05) is 18.8 Å². The Kier molecular flexibility index (Phi) is 3.95. The number of carbonyl (C=O) groups is 1. The first-order valence-electron chi connectivity index (χ1n) is 7.84. The Morgan fingerprint density at radius 1 is 1.10 bits per heavy atom. The van der Waals surface area contributed by atoms with Crippen LogP contribution in [0.15, 0.2) is 30.3 Å². The zero-order chi connectivity index (χ0) is 13.8. The van der Waals surface area contributed by atoms with E-state index in [2.05, 4.69) is 10.2 Å². The first-order chi connectivity index (χ1) is 9.77. The van der Waals surface area contributed by atoms with Crippen molar-refractivity contribution in [1.82, 2.24) is 4.90 Å². The number of hydrogen-bond acceptors (Lipinski definition) is 2. The molecule has 20 heavy (non-hydrogen) atoms. The number of nitrogens with one attached hydrogen (secondary N) is 1. The van der Waals surface area contributed by atoms with Crippen molar-refractivity contribution in [3.63, 3.8) is 0 Å². The topological polar surface area (TPSA) is 32.3 Å². The van der Waals surface area contributed by atoms with Crippen molar-refractivity contribution in [3.05, 3.63) is 30.3 Å². The molecule has 3 nitrogen and oxygen atoms in total. The summed E-state index contributed by atoms with van der Waals surface area (Å²) >= 11 is 0. The van der Waals surface area contributed by atoms with Crippen molar-refractivity contribution >= 4 is 11.6 Å². The SMILES string of the molecule is O=C(CNc1ccccc1)N1CCC2(CCCCC2)C1. The van der Waals surface area contributed by atoms with Gasteiger partial charge in [-0.25, -0.2) is 0 Å². The minimum absolute atomic E-state index is 0.247. The largest absolute Gasteiger partial charge is 0.376 e. The summed E-state index contributed by atoms with van der Waals surface area (Å²) in [5, 5.41) is 3.22. The van der Waals surface area contributed by atoms with Crippen LogP contribution in [0.3, 0.4) is 0 Å². The second-order valence-electron chi connectivity index (χ2n) is 6.35. The maximum absolute atomic E-state index is 12.3. The summed E-state index contributed by atoms with van der Waals surface area (Å²) in [6.07, 6.45) is 7.94. The second-order valence-corrected chi connectivity index (χ2v) is 6.35. The summed E-state index contributed by atoms with van der Waals surface area (Å²) in [6, 6.07) is 9.96.